The van der Waals surface area contributed by atoms with Gasteiger partial charge in [-0.25, -0.2) is 4.79 Å². The summed E-state index contributed by atoms with van der Waals surface area (Å²) in [5.74, 6) is 0.262. The van der Waals surface area contributed by atoms with Crippen molar-refractivity contribution in [1.82, 2.24) is 5.32 Å². The van der Waals surface area contributed by atoms with Crippen LogP contribution in [-0.2, 0) is 10.5 Å². The molecule has 1 aromatic carbocycles. The molecule has 0 aliphatic heterocycles. The van der Waals surface area contributed by atoms with Crippen molar-refractivity contribution in [1.29, 1.82) is 0 Å². The van der Waals surface area contributed by atoms with E-state index in [0.29, 0.717) is 10.8 Å². The molecule has 0 aliphatic rings. The zero-order chi connectivity index (χ0) is 12.8. The Kier molecular flexibility index (Phi) is 5.31. The molecule has 4 nitrogen and oxygen atoms in total. The Bertz CT molecular complexity index is 426. The summed E-state index contributed by atoms with van der Waals surface area (Å²) in [6, 6.07) is 6.58. The van der Waals surface area contributed by atoms with E-state index in [1.165, 1.54) is 11.8 Å². The van der Waals surface area contributed by atoms with E-state index in [4.69, 9.17) is 17.3 Å². The molecule has 17 heavy (non-hydrogen) atoms. The summed E-state index contributed by atoms with van der Waals surface area (Å²) in [5, 5.41) is 2.36. The van der Waals surface area contributed by atoms with Crippen LogP contribution in [0.15, 0.2) is 24.3 Å². The largest absolute Gasteiger partial charge is 0.351 e. The molecule has 3 amide bonds. The number of carbonyl (C=O) groups is 2. The molecule has 0 unspecified atom stereocenters. The number of urea groups is 1. The summed E-state index contributed by atoms with van der Waals surface area (Å²) in [6.07, 6.45) is 0. The Balaban J connectivity index is 2.45. The Morgan fingerprint density at radius 3 is 2.82 bits per heavy atom. The van der Waals surface area contributed by atoms with Crippen molar-refractivity contribution in [2.75, 3.05) is 0 Å². The third-order valence-corrected chi connectivity index (χ3v) is 3.45. The number of halogens is 1. The maximum absolute atomic E-state index is 11.4. The molecule has 1 atom stereocenters. The van der Waals surface area contributed by atoms with Crippen LogP contribution in [0.2, 0.25) is 5.02 Å². The van der Waals surface area contributed by atoms with Crippen molar-refractivity contribution in [2.45, 2.75) is 17.9 Å². The van der Waals surface area contributed by atoms with Crippen LogP contribution >= 0.6 is 23.4 Å². The first-order valence-electron chi connectivity index (χ1n) is 4.95. The number of rotatable bonds is 4. The van der Waals surface area contributed by atoms with E-state index < -0.39 is 6.03 Å². The fourth-order valence-electron chi connectivity index (χ4n) is 1.15. The molecule has 3 N–H and O–H groups in total. The van der Waals surface area contributed by atoms with Gasteiger partial charge in [-0.2, -0.15) is 0 Å². The molecule has 0 aromatic heterocycles. The van der Waals surface area contributed by atoms with Crippen LogP contribution in [0.25, 0.3) is 0 Å². The van der Waals surface area contributed by atoms with Gasteiger partial charge in [-0.15, -0.1) is 11.8 Å². The lowest BCUT2D eigenvalue weighted by Crippen LogP contribution is -2.39. The third-order valence-electron chi connectivity index (χ3n) is 2.00. The summed E-state index contributed by atoms with van der Waals surface area (Å²) in [7, 11) is 0. The van der Waals surface area contributed by atoms with Gasteiger partial charge in [0, 0.05) is 10.8 Å². The van der Waals surface area contributed by atoms with E-state index in [1.54, 1.807) is 13.0 Å². The predicted octanol–water partition coefficient (Wildman–Crippen LogP) is 2.16. The van der Waals surface area contributed by atoms with Crippen molar-refractivity contribution >= 4 is 35.3 Å². The van der Waals surface area contributed by atoms with Gasteiger partial charge in [0.05, 0.1) is 5.25 Å². The average molecular weight is 273 g/mol. The lowest BCUT2D eigenvalue weighted by Gasteiger charge is -2.09. The minimum absolute atomic E-state index is 0.346. The molecule has 0 radical (unpaired) electrons. The van der Waals surface area contributed by atoms with Crippen molar-refractivity contribution in [3.05, 3.63) is 34.9 Å². The molecule has 0 saturated heterocycles. The number of amides is 3. The second-order valence-corrected chi connectivity index (χ2v) is 5.20. The molecule has 1 rings (SSSR count). The quantitative estimate of drug-likeness (QED) is 0.882. The molecular formula is C11H13ClN2O2S. The van der Waals surface area contributed by atoms with Gasteiger partial charge in [0.1, 0.15) is 0 Å². The SMILES string of the molecule is C[C@@H](SCc1cccc(Cl)c1)C(=O)NC(N)=O. The standard InChI is InChI=1S/C11H13ClN2O2S/c1-7(10(15)14-11(13)16)17-6-8-3-2-4-9(12)5-8/h2-5,7H,6H2,1H3,(H3,13,14,15,16)/t7-/m1/s1. The van der Waals surface area contributed by atoms with Gasteiger partial charge < -0.3 is 5.73 Å². The number of benzene rings is 1. The third kappa shape index (κ3) is 5.10. The zero-order valence-corrected chi connectivity index (χ0v) is 10.8. The van der Waals surface area contributed by atoms with Gasteiger partial charge in [-0.1, -0.05) is 23.7 Å². The van der Waals surface area contributed by atoms with Gasteiger partial charge >= 0.3 is 6.03 Å². The number of carbonyl (C=O) groups excluding carboxylic acids is 2. The van der Waals surface area contributed by atoms with E-state index in [0.717, 1.165) is 5.56 Å². The molecule has 6 heteroatoms. The number of hydrogen-bond acceptors (Lipinski definition) is 3. The molecule has 0 fully saturated rings. The molecule has 0 aliphatic carbocycles. The minimum atomic E-state index is -0.829. The first-order chi connectivity index (χ1) is 7.99. The van der Waals surface area contributed by atoms with Crippen LogP contribution in [0.5, 0.6) is 0 Å². The highest BCUT2D eigenvalue weighted by Crippen LogP contribution is 2.20. The lowest BCUT2D eigenvalue weighted by atomic mass is 10.2. The molecule has 0 heterocycles. The number of nitrogens with two attached hydrogens (primary N) is 1. The number of imide groups is 1. The summed E-state index contributed by atoms with van der Waals surface area (Å²) < 4.78 is 0. The summed E-state index contributed by atoms with van der Waals surface area (Å²) in [6.45, 7) is 1.72. The van der Waals surface area contributed by atoms with Gasteiger partial charge in [-0.3, -0.25) is 10.1 Å². The van der Waals surface area contributed by atoms with Crippen molar-refractivity contribution in [3.63, 3.8) is 0 Å². The Morgan fingerprint density at radius 2 is 2.24 bits per heavy atom. The second-order valence-electron chi connectivity index (χ2n) is 3.44. The summed E-state index contributed by atoms with van der Waals surface area (Å²) in [5.41, 5.74) is 5.89. The molecule has 0 spiro atoms. The van der Waals surface area contributed by atoms with Crippen molar-refractivity contribution < 1.29 is 9.59 Å². The van der Waals surface area contributed by atoms with E-state index in [-0.39, 0.29) is 11.2 Å². The van der Waals surface area contributed by atoms with Crippen LogP contribution in [0.4, 0.5) is 4.79 Å². The fourth-order valence-corrected chi connectivity index (χ4v) is 2.19. The molecule has 0 saturated carbocycles. The predicted molar refractivity (Wildman–Crippen MR) is 69.9 cm³/mol. The molecule has 1 aromatic rings. The Hall–Kier alpha value is -1.20. The number of nitrogens with one attached hydrogen (secondary N) is 1. The summed E-state index contributed by atoms with van der Waals surface area (Å²) in [4.78, 5) is 21.9. The van der Waals surface area contributed by atoms with Gasteiger partial charge in [0.2, 0.25) is 5.91 Å². The maximum Gasteiger partial charge on any atom is 0.318 e. The fraction of sp³-hybridized carbons (Fsp3) is 0.273. The van der Waals surface area contributed by atoms with Crippen LogP contribution in [0.3, 0.4) is 0 Å². The first-order valence-corrected chi connectivity index (χ1v) is 6.38. The molecule has 0 bridgehead atoms. The lowest BCUT2D eigenvalue weighted by molar-refractivity contribution is -0.119. The van der Waals surface area contributed by atoms with Gasteiger partial charge in [0.25, 0.3) is 0 Å². The maximum atomic E-state index is 11.4. The van der Waals surface area contributed by atoms with Gasteiger partial charge in [-0.05, 0) is 24.6 Å². The van der Waals surface area contributed by atoms with Crippen LogP contribution < -0.4 is 11.1 Å². The normalized spacial score (nSPS) is 11.9. The van der Waals surface area contributed by atoms with Crippen molar-refractivity contribution in [3.8, 4) is 0 Å². The Labute approximate surface area is 109 Å². The number of primary amides is 1. The highest BCUT2D eigenvalue weighted by atomic mass is 35.5. The summed E-state index contributed by atoms with van der Waals surface area (Å²) >= 11 is 7.25. The van der Waals surface area contributed by atoms with Crippen molar-refractivity contribution in [2.24, 2.45) is 5.73 Å². The minimum Gasteiger partial charge on any atom is -0.351 e. The monoisotopic (exact) mass is 272 g/mol. The van der Waals surface area contributed by atoms with Crippen LogP contribution in [0, 0.1) is 0 Å². The average Bonchev–Trinajstić information content (AvgIpc) is 2.25. The van der Waals surface area contributed by atoms with Gasteiger partial charge in [0.15, 0.2) is 0 Å². The second kappa shape index (κ2) is 6.51. The van der Waals surface area contributed by atoms with E-state index in [1.807, 2.05) is 23.5 Å². The van der Waals surface area contributed by atoms with Crippen LogP contribution in [-0.4, -0.2) is 17.2 Å². The topological polar surface area (TPSA) is 72.2 Å². The molecular weight excluding hydrogens is 260 g/mol. The highest BCUT2D eigenvalue weighted by molar-refractivity contribution is 7.99. The first kappa shape index (κ1) is 13.9. The number of hydrogen-bond donors (Lipinski definition) is 2. The highest BCUT2D eigenvalue weighted by Gasteiger charge is 2.14. The van der Waals surface area contributed by atoms with E-state index in [2.05, 4.69) is 0 Å². The molecule has 92 valence electrons. The smallest absolute Gasteiger partial charge is 0.318 e. The van der Waals surface area contributed by atoms with E-state index in [9.17, 15) is 9.59 Å². The van der Waals surface area contributed by atoms with Crippen LogP contribution in [0.1, 0.15) is 12.5 Å². The zero-order valence-electron chi connectivity index (χ0n) is 9.27. The Morgan fingerprint density at radius 1 is 1.53 bits per heavy atom. The van der Waals surface area contributed by atoms with E-state index >= 15 is 0 Å². The number of thioether (sulfide) groups is 1.